The van der Waals surface area contributed by atoms with E-state index in [1.165, 1.54) is 18.4 Å². The van der Waals surface area contributed by atoms with Crippen LogP contribution in [0.3, 0.4) is 0 Å². The molecule has 4 rings (SSSR count). The Bertz CT molecular complexity index is 1190. The molecule has 2 heterocycles. The summed E-state index contributed by atoms with van der Waals surface area (Å²) in [5.41, 5.74) is 2.22. The van der Waals surface area contributed by atoms with E-state index in [0.29, 0.717) is 30.8 Å². The first-order valence-corrected chi connectivity index (χ1v) is 11.7. The molecule has 10 heteroatoms. The molecule has 1 aromatic carbocycles. The molecule has 2 aromatic rings. The molecule has 178 valence electrons. The highest BCUT2D eigenvalue weighted by atomic mass is 79.9. The van der Waals surface area contributed by atoms with Crippen LogP contribution in [0.2, 0.25) is 0 Å². The van der Waals surface area contributed by atoms with Gasteiger partial charge in [0.1, 0.15) is 5.52 Å². The number of alkyl halides is 2. The molecule has 1 aliphatic heterocycles. The standard InChI is InChI=1S/C24H24BrF2N5O2/c25-19-5-2-6-20-22(19)31-21(14-30-20)15(12-28)13-29-17-7-9-32(10-8-17)18-4-1-3-16(11-18)24(26,27)23(33)34/h1-3,5-6,11-14,17-18,28-29H,4,7-10H2,(H,33,34)/b15-13+,28-12?. The maximum absolute atomic E-state index is 13.9. The number of piperidine rings is 1. The van der Waals surface area contributed by atoms with Crippen LogP contribution in [-0.4, -0.2) is 63.3 Å². The molecular formula is C24H24BrF2N5O2. The van der Waals surface area contributed by atoms with E-state index in [0.717, 1.165) is 28.3 Å². The lowest BCUT2D eigenvalue weighted by Crippen LogP contribution is -2.46. The minimum atomic E-state index is -3.88. The van der Waals surface area contributed by atoms with E-state index in [2.05, 4.69) is 36.1 Å². The second-order valence-corrected chi connectivity index (χ2v) is 9.15. The summed E-state index contributed by atoms with van der Waals surface area (Å²) in [6.45, 7) is 1.38. The third-order valence-electron chi connectivity index (χ3n) is 6.13. The Kier molecular flexibility index (Phi) is 7.18. The predicted molar refractivity (Wildman–Crippen MR) is 130 cm³/mol. The van der Waals surface area contributed by atoms with Gasteiger partial charge in [0.15, 0.2) is 0 Å². The molecule has 1 aliphatic carbocycles. The van der Waals surface area contributed by atoms with Crippen LogP contribution in [0.5, 0.6) is 0 Å². The number of carbonyl (C=O) groups is 1. The van der Waals surface area contributed by atoms with Crippen LogP contribution >= 0.6 is 15.9 Å². The molecule has 0 amide bonds. The van der Waals surface area contributed by atoms with Gasteiger partial charge >= 0.3 is 11.9 Å². The topological polar surface area (TPSA) is 102 Å². The van der Waals surface area contributed by atoms with Crippen LogP contribution in [0.25, 0.3) is 16.6 Å². The number of likely N-dealkylation sites (tertiary alicyclic amines) is 1. The highest BCUT2D eigenvalue weighted by Gasteiger charge is 2.43. The Balaban J connectivity index is 1.39. The van der Waals surface area contributed by atoms with Crippen molar-refractivity contribution in [1.82, 2.24) is 20.2 Å². The number of fused-ring (bicyclic) bond motifs is 1. The number of carboxylic acid groups (broad SMARTS) is 1. The lowest BCUT2D eigenvalue weighted by Gasteiger charge is -2.37. The monoisotopic (exact) mass is 531 g/mol. The Morgan fingerprint density at radius 3 is 2.79 bits per heavy atom. The van der Waals surface area contributed by atoms with E-state index in [-0.39, 0.29) is 12.1 Å². The second-order valence-electron chi connectivity index (χ2n) is 8.29. The fourth-order valence-corrected chi connectivity index (χ4v) is 4.63. The Labute approximate surface area is 203 Å². The molecule has 1 fully saturated rings. The van der Waals surface area contributed by atoms with Gasteiger partial charge in [-0.05, 0) is 47.3 Å². The first-order valence-electron chi connectivity index (χ1n) is 10.9. The number of hydrogen-bond donors (Lipinski definition) is 3. The Hall–Kier alpha value is -2.98. The number of aliphatic carboxylic acids is 1. The van der Waals surface area contributed by atoms with Gasteiger partial charge in [-0.25, -0.2) is 9.78 Å². The molecule has 34 heavy (non-hydrogen) atoms. The van der Waals surface area contributed by atoms with Crippen LogP contribution in [0, 0.1) is 5.41 Å². The van der Waals surface area contributed by atoms with Crippen molar-refractivity contribution in [1.29, 1.82) is 5.41 Å². The average Bonchev–Trinajstić information content (AvgIpc) is 2.85. The number of allylic oxidation sites excluding steroid dienone is 2. The number of nitrogens with one attached hydrogen (secondary N) is 2. The number of para-hydroxylation sites is 1. The van der Waals surface area contributed by atoms with E-state index in [9.17, 15) is 13.6 Å². The molecule has 0 spiro atoms. The van der Waals surface area contributed by atoms with Crippen molar-refractivity contribution in [2.45, 2.75) is 37.3 Å². The molecule has 1 aromatic heterocycles. The minimum absolute atomic E-state index is 0.161. The van der Waals surface area contributed by atoms with E-state index < -0.39 is 17.5 Å². The quantitative estimate of drug-likeness (QED) is 0.457. The van der Waals surface area contributed by atoms with Gasteiger partial charge in [0.05, 0.1) is 17.4 Å². The first-order chi connectivity index (χ1) is 16.3. The number of carboxylic acids is 1. The molecule has 0 saturated carbocycles. The smallest absolute Gasteiger partial charge is 0.379 e. The Morgan fingerprint density at radius 1 is 1.32 bits per heavy atom. The van der Waals surface area contributed by atoms with Crippen molar-refractivity contribution in [3.63, 3.8) is 0 Å². The van der Waals surface area contributed by atoms with E-state index >= 15 is 0 Å². The second kappa shape index (κ2) is 10.1. The van der Waals surface area contributed by atoms with E-state index in [1.807, 2.05) is 18.2 Å². The van der Waals surface area contributed by atoms with E-state index in [4.69, 9.17) is 10.5 Å². The van der Waals surface area contributed by atoms with Crippen LogP contribution in [-0.2, 0) is 4.79 Å². The normalized spacial score (nSPS) is 20.3. The van der Waals surface area contributed by atoms with Gasteiger partial charge in [0, 0.05) is 53.2 Å². The van der Waals surface area contributed by atoms with Gasteiger partial charge in [-0.1, -0.05) is 24.3 Å². The summed E-state index contributed by atoms with van der Waals surface area (Å²) in [7, 11) is 0. The van der Waals surface area contributed by atoms with Crippen LogP contribution in [0.15, 0.2) is 58.9 Å². The zero-order valence-corrected chi connectivity index (χ0v) is 19.8. The number of benzene rings is 1. The lowest BCUT2D eigenvalue weighted by atomic mass is 9.94. The van der Waals surface area contributed by atoms with Crippen LogP contribution < -0.4 is 5.32 Å². The molecule has 1 saturated heterocycles. The van der Waals surface area contributed by atoms with E-state index in [1.54, 1.807) is 18.5 Å². The molecule has 0 radical (unpaired) electrons. The summed E-state index contributed by atoms with van der Waals surface area (Å²) >= 11 is 3.49. The molecule has 2 aliphatic rings. The van der Waals surface area contributed by atoms with Crippen LogP contribution in [0.1, 0.15) is 25.0 Å². The molecule has 7 nitrogen and oxygen atoms in total. The van der Waals surface area contributed by atoms with Gasteiger partial charge in [-0.15, -0.1) is 0 Å². The van der Waals surface area contributed by atoms with Gasteiger partial charge in [-0.2, -0.15) is 8.78 Å². The zero-order valence-electron chi connectivity index (χ0n) is 18.2. The largest absolute Gasteiger partial charge is 0.477 e. The molecule has 1 atom stereocenters. The number of nitrogens with zero attached hydrogens (tertiary/aromatic N) is 3. The van der Waals surface area contributed by atoms with Crippen molar-refractivity contribution in [2.24, 2.45) is 0 Å². The number of rotatable bonds is 7. The van der Waals surface area contributed by atoms with Crippen molar-refractivity contribution < 1.29 is 18.7 Å². The van der Waals surface area contributed by atoms with Gasteiger partial charge in [-0.3, -0.25) is 9.88 Å². The highest BCUT2D eigenvalue weighted by molar-refractivity contribution is 9.10. The summed E-state index contributed by atoms with van der Waals surface area (Å²) in [4.78, 5) is 22.1. The van der Waals surface area contributed by atoms with Crippen molar-refractivity contribution in [2.75, 3.05) is 13.1 Å². The SMILES string of the molecule is N=C/C(=C\NC1CCN(C2C=C(C(F)(F)C(=O)O)C=CC2)CC1)c1cnc2cccc(Br)c2n1. The van der Waals surface area contributed by atoms with Crippen molar-refractivity contribution in [3.8, 4) is 0 Å². The van der Waals surface area contributed by atoms with Crippen molar-refractivity contribution in [3.05, 3.63) is 64.6 Å². The first kappa shape index (κ1) is 24.2. The Morgan fingerprint density at radius 2 is 2.09 bits per heavy atom. The summed E-state index contributed by atoms with van der Waals surface area (Å²) < 4.78 is 28.6. The molecular weight excluding hydrogens is 508 g/mol. The highest BCUT2D eigenvalue weighted by Crippen LogP contribution is 2.31. The van der Waals surface area contributed by atoms with Gasteiger partial charge in [0.25, 0.3) is 0 Å². The zero-order chi connectivity index (χ0) is 24.3. The van der Waals surface area contributed by atoms with Gasteiger partial charge in [0.2, 0.25) is 0 Å². The number of hydrogen-bond acceptors (Lipinski definition) is 6. The molecule has 1 unspecified atom stereocenters. The van der Waals surface area contributed by atoms with Crippen LogP contribution in [0.4, 0.5) is 8.78 Å². The number of halogens is 3. The lowest BCUT2D eigenvalue weighted by molar-refractivity contribution is -0.159. The summed E-state index contributed by atoms with van der Waals surface area (Å²) in [5.74, 6) is -6.02. The maximum Gasteiger partial charge on any atom is 0.379 e. The average molecular weight is 532 g/mol. The third kappa shape index (κ3) is 5.07. The summed E-state index contributed by atoms with van der Waals surface area (Å²) in [5, 5.41) is 20.0. The fraction of sp³-hybridized carbons (Fsp3) is 0.333. The molecule has 3 N–H and O–H groups in total. The van der Waals surface area contributed by atoms with Gasteiger partial charge < -0.3 is 15.8 Å². The third-order valence-corrected chi connectivity index (χ3v) is 6.77. The minimum Gasteiger partial charge on any atom is -0.477 e. The van der Waals surface area contributed by atoms with Crippen molar-refractivity contribution >= 4 is 44.7 Å². The summed E-state index contributed by atoms with van der Waals surface area (Å²) in [6.07, 6.45) is 11.0. The fourth-order valence-electron chi connectivity index (χ4n) is 4.19. The molecule has 0 bridgehead atoms. The number of aromatic nitrogens is 2. The maximum atomic E-state index is 13.9. The predicted octanol–water partition coefficient (Wildman–Crippen LogP) is 4.41. The summed E-state index contributed by atoms with van der Waals surface area (Å²) in [6, 6.07) is 5.57.